The van der Waals surface area contributed by atoms with Gasteiger partial charge >= 0.3 is 12.0 Å². The molecule has 4 unspecified atom stereocenters. The van der Waals surface area contributed by atoms with Gasteiger partial charge in [-0.15, -0.1) is 0 Å². The SMILES string of the molecule is COc1ccc(CN2CCCCCC=CCCC(C(=O)O)NC(=O)C3CC(O[Si](C)(C)C(C)(C)C)C[NH+]3C2=O)cc1. The lowest BCUT2D eigenvalue weighted by Crippen LogP contribution is -3.19. The summed E-state index contributed by atoms with van der Waals surface area (Å²) in [7, 11) is -0.543. The van der Waals surface area contributed by atoms with Crippen LogP contribution in [0.2, 0.25) is 18.1 Å². The third-order valence-corrected chi connectivity index (χ3v) is 13.3. The van der Waals surface area contributed by atoms with E-state index in [1.165, 1.54) is 0 Å². The summed E-state index contributed by atoms with van der Waals surface area (Å²) in [6.07, 6.45) is 8.83. The van der Waals surface area contributed by atoms with Gasteiger partial charge in [-0.1, -0.05) is 51.5 Å². The van der Waals surface area contributed by atoms with Crippen LogP contribution < -0.4 is 15.0 Å². The Bertz CT molecular complexity index is 1070. The molecule has 41 heavy (non-hydrogen) atoms. The smallest absolute Gasteiger partial charge is 0.418 e. The van der Waals surface area contributed by atoms with Crippen molar-refractivity contribution in [2.45, 2.75) is 109 Å². The van der Waals surface area contributed by atoms with Gasteiger partial charge in [0, 0.05) is 13.0 Å². The largest absolute Gasteiger partial charge is 0.497 e. The maximum atomic E-state index is 14.2. The van der Waals surface area contributed by atoms with E-state index in [0.29, 0.717) is 43.8 Å². The Balaban J connectivity index is 1.92. The number of benzene rings is 1. The lowest BCUT2D eigenvalue weighted by atomic mass is 10.1. The van der Waals surface area contributed by atoms with E-state index in [-0.39, 0.29) is 17.2 Å². The van der Waals surface area contributed by atoms with Gasteiger partial charge in [-0.05, 0) is 67.9 Å². The monoisotopic (exact) mass is 588 g/mol. The second-order valence-corrected chi connectivity index (χ2v) is 17.6. The molecule has 228 valence electrons. The number of quaternary nitrogens is 1. The van der Waals surface area contributed by atoms with E-state index < -0.39 is 32.3 Å². The first-order valence-electron chi connectivity index (χ1n) is 15.0. The Kier molecular flexibility index (Phi) is 11.6. The molecule has 4 atom stereocenters. The summed E-state index contributed by atoms with van der Waals surface area (Å²) in [5, 5.41) is 12.6. The Labute approximate surface area is 246 Å². The topological polar surface area (TPSA) is 110 Å². The third-order valence-electron chi connectivity index (χ3n) is 8.75. The highest BCUT2D eigenvalue weighted by molar-refractivity contribution is 6.74. The summed E-state index contributed by atoms with van der Waals surface area (Å²) >= 11 is 0. The minimum atomic E-state index is -2.17. The summed E-state index contributed by atoms with van der Waals surface area (Å²) in [5.41, 5.74) is 0.983. The molecule has 1 aromatic carbocycles. The zero-order valence-corrected chi connectivity index (χ0v) is 26.7. The van der Waals surface area contributed by atoms with Gasteiger partial charge in [0.15, 0.2) is 14.4 Å². The van der Waals surface area contributed by atoms with Crippen molar-refractivity contribution in [3.8, 4) is 5.75 Å². The van der Waals surface area contributed by atoms with Crippen LogP contribution in [0.1, 0.15) is 71.3 Å². The lowest BCUT2D eigenvalue weighted by Gasteiger charge is -2.37. The van der Waals surface area contributed by atoms with Crippen LogP contribution >= 0.6 is 0 Å². The number of carbonyl (C=O) groups excluding carboxylic acids is 2. The number of nitrogens with one attached hydrogen (secondary N) is 2. The first kappa shape index (κ1) is 32.8. The molecular weight excluding hydrogens is 538 g/mol. The second-order valence-electron chi connectivity index (χ2n) is 12.9. The molecule has 1 fully saturated rings. The number of hydrogen-bond donors (Lipinski definition) is 3. The number of allylic oxidation sites excluding steroid dienone is 2. The fourth-order valence-corrected chi connectivity index (χ4v) is 6.60. The van der Waals surface area contributed by atoms with Crippen LogP contribution in [0.4, 0.5) is 4.79 Å². The summed E-state index contributed by atoms with van der Waals surface area (Å²) in [6, 6.07) is 5.82. The van der Waals surface area contributed by atoms with Gasteiger partial charge in [0.05, 0.1) is 13.7 Å². The number of carboxylic acid groups (broad SMARTS) is 1. The minimum absolute atomic E-state index is 0.0217. The predicted octanol–water partition coefficient (Wildman–Crippen LogP) is 4.14. The van der Waals surface area contributed by atoms with E-state index in [9.17, 15) is 19.5 Å². The van der Waals surface area contributed by atoms with Crippen LogP contribution in [0.5, 0.6) is 5.75 Å². The Morgan fingerprint density at radius 2 is 1.78 bits per heavy atom. The van der Waals surface area contributed by atoms with Crippen molar-refractivity contribution >= 4 is 26.2 Å². The number of methoxy groups -OCH3 is 1. The number of hydrogen-bond acceptors (Lipinski definition) is 5. The number of amides is 3. The van der Waals surface area contributed by atoms with Crippen molar-refractivity contribution in [1.82, 2.24) is 10.2 Å². The number of carboxylic acids is 1. The standard InChI is InChI=1S/C31H49N3O6Si/c1-31(2,3)41(5,6)40-25-20-27-28(35)32-26(29(36)37)14-12-10-8-7-9-11-13-19-33(30(38)34(27)22-25)21-23-15-17-24(39-4)18-16-23/h8,10,15-18,25-27H,7,9,11-14,19-22H2,1-6H3,(H,32,35)(H,36,37)/p+1. The van der Waals surface area contributed by atoms with Crippen molar-refractivity contribution in [2.24, 2.45) is 0 Å². The summed E-state index contributed by atoms with van der Waals surface area (Å²) in [5.74, 6) is -0.710. The van der Waals surface area contributed by atoms with Crippen LogP contribution in [0.3, 0.4) is 0 Å². The number of fused-ring (bicyclic) bond motifs is 1. The van der Waals surface area contributed by atoms with Crippen molar-refractivity contribution in [3.05, 3.63) is 42.0 Å². The molecule has 3 N–H and O–H groups in total. The van der Waals surface area contributed by atoms with E-state index in [0.717, 1.165) is 37.0 Å². The van der Waals surface area contributed by atoms with Crippen LogP contribution in [-0.4, -0.2) is 74.6 Å². The van der Waals surface area contributed by atoms with Gasteiger partial charge < -0.3 is 19.6 Å². The number of urea groups is 1. The number of carbonyl (C=O) groups is 3. The molecule has 0 radical (unpaired) electrons. The molecule has 1 aromatic rings. The van der Waals surface area contributed by atoms with Crippen LogP contribution in [-0.2, 0) is 20.6 Å². The number of rotatable bonds is 6. The van der Waals surface area contributed by atoms with Gasteiger partial charge in [-0.3, -0.25) is 9.69 Å². The molecular formula is C31H50N3O6Si+. The number of nitrogens with zero attached hydrogens (tertiary/aromatic N) is 1. The van der Waals surface area contributed by atoms with Crippen molar-refractivity contribution in [2.75, 3.05) is 20.2 Å². The molecule has 9 nitrogen and oxygen atoms in total. The first-order valence-corrected chi connectivity index (χ1v) is 17.9. The first-order chi connectivity index (χ1) is 19.3. The molecule has 0 saturated carbocycles. The normalized spacial score (nSPS) is 25.5. The van der Waals surface area contributed by atoms with E-state index in [2.05, 4.69) is 45.3 Å². The van der Waals surface area contributed by atoms with Crippen LogP contribution in [0.25, 0.3) is 0 Å². The Morgan fingerprint density at radius 1 is 1.10 bits per heavy atom. The zero-order valence-electron chi connectivity index (χ0n) is 25.7. The highest BCUT2D eigenvalue weighted by atomic mass is 28.4. The highest BCUT2D eigenvalue weighted by Crippen LogP contribution is 2.38. The minimum Gasteiger partial charge on any atom is -0.497 e. The van der Waals surface area contributed by atoms with E-state index in [1.54, 1.807) is 7.11 Å². The second kappa shape index (κ2) is 14.5. The third kappa shape index (κ3) is 9.15. The molecule has 0 spiro atoms. The Hall–Kier alpha value is -2.69. The molecule has 3 rings (SSSR count). The molecule has 2 heterocycles. The van der Waals surface area contributed by atoms with Gasteiger partial charge in [0.1, 0.15) is 24.4 Å². The van der Waals surface area contributed by atoms with E-state index >= 15 is 0 Å². The predicted molar refractivity (Wildman–Crippen MR) is 162 cm³/mol. The fourth-order valence-electron chi connectivity index (χ4n) is 5.24. The van der Waals surface area contributed by atoms with E-state index in [1.807, 2.05) is 35.2 Å². The average molecular weight is 589 g/mol. The van der Waals surface area contributed by atoms with Crippen molar-refractivity contribution in [3.63, 3.8) is 0 Å². The average Bonchev–Trinajstić information content (AvgIpc) is 3.32. The quantitative estimate of drug-likeness (QED) is 0.340. The van der Waals surface area contributed by atoms with Crippen molar-refractivity contribution in [1.29, 1.82) is 0 Å². The Morgan fingerprint density at radius 3 is 2.41 bits per heavy atom. The summed E-state index contributed by atoms with van der Waals surface area (Å²) in [4.78, 5) is 42.3. The van der Waals surface area contributed by atoms with Gasteiger partial charge in [-0.25, -0.2) is 14.5 Å². The van der Waals surface area contributed by atoms with Gasteiger partial charge in [0.2, 0.25) is 0 Å². The molecule has 3 amide bonds. The molecule has 10 heteroatoms. The molecule has 2 aliphatic heterocycles. The molecule has 2 aliphatic rings. The lowest BCUT2D eigenvalue weighted by molar-refractivity contribution is -0.824. The van der Waals surface area contributed by atoms with Crippen LogP contribution in [0.15, 0.2) is 36.4 Å². The molecule has 0 aliphatic carbocycles. The maximum absolute atomic E-state index is 14.2. The molecule has 0 aromatic heterocycles. The number of aliphatic carboxylic acids is 1. The highest BCUT2D eigenvalue weighted by Gasteiger charge is 2.50. The fraction of sp³-hybridized carbons (Fsp3) is 0.645. The molecule has 1 saturated heterocycles. The maximum Gasteiger partial charge on any atom is 0.418 e. The number of ether oxygens (including phenoxy) is 1. The van der Waals surface area contributed by atoms with Gasteiger partial charge in [-0.2, -0.15) is 0 Å². The molecule has 0 bridgehead atoms. The summed E-state index contributed by atoms with van der Waals surface area (Å²) in [6.45, 7) is 12.2. The van der Waals surface area contributed by atoms with Gasteiger partial charge in [0.25, 0.3) is 5.91 Å². The van der Waals surface area contributed by atoms with E-state index in [4.69, 9.17) is 9.16 Å². The van der Waals surface area contributed by atoms with Crippen LogP contribution in [0, 0.1) is 0 Å². The summed E-state index contributed by atoms with van der Waals surface area (Å²) < 4.78 is 12.0. The zero-order chi connectivity index (χ0) is 30.2. The van der Waals surface area contributed by atoms with Crippen molar-refractivity contribution < 1.29 is 33.6 Å².